The van der Waals surface area contributed by atoms with Crippen LogP contribution in [0.25, 0.3) is 5.69 Å². The summed E-state index contributed by atoms with van der Waals surface area (Å²) in [6.45, 7) is 5.60. The van der Waals surface area contributed by atoms with Crippen LogP contribution in [0.3, 0.4) is 0 Å². The zero-order chi connectivity index (χ0) is 21.0. The number of rotatable bonds is 7. The topological polar surface area (TPSA) is 105 Å². The molecule has 2 aromatic heterocycles. The van der Waals surface area contributed by atoms with Crippen molar-refractivity contribution in [3.63, 3.8) is 0 Å². The molecule has 0 bridgehead atoms. The third kappa shape index (κ3) is 4.68. The van der Waals surface area contributed by atoms with Gasteiger partial charge in [0.25, 0.3) is 5.91 Å². The number of nitrogens with zero attached hydrogens (tertiary/aromatic N) is 3. The van der Waals surface area contributed by atoms with E-state index < -0.39 is 17.8 Å². The Morgan fingerprint density at radius 3 is 2.66 bits per heavy atom. The fourth-order valence-corrected chi connectivity index (χ4v) is 2.98. The van der Waals surface area contributed by atoms with Gasteiger partial charge in [-0.2, -0.15) is 10.2 Å². The highest BCUT2D eigenvalue weighted by Crippen LogP contribution is 2.17. The molecule has 0 saturated carbocycles. The Hall–Kier alpha value is -3.49. The van der Waals surface area contributed by atoms with E-state index >= 15 is 0 Å². The van der Waals surface area contributed by atoms with Crippen molar-refractivity contribution in [1.82, 2.24) is 25.3 Å². The van der Waals surface area contributed by atoms with Crippen LogP contribution in [0.2, 0.25) is 0 Å². The highest BCUT2D eigenvalue weighted by atomic mass is 19.1. The summed E-state index contributed by atoms with van der Waals surface area (Å²) in [6, 6.07) is 7.06. The van der Waals surface area contributed by atoms with Gasteiger partial charge in [-0.15, -0.1) is 0 Å². The molecule has 8 nitrogen and oxygen atoms in total. The van der Waals surface area contributed by atoms with Gasteiger partial charge in [0.05, 0.1) is 23.7 Å². The summed E-state index contributed by atoms with van der Waals surface area (Å²) in [4.78, 5) is 25.5. The number of carbonyl (C=O) groups is 2. The van der Waals surface area contributed by atoms with Crippen LogP contribution in [-0.2, 0) is 4.79 Å². The lowest BCUT2D eigenvalue weighted by atomic mass is 10.0. The van der Waals surface area contributed by atoms with Crippen LogP contribution in [0.15, 0.2) is 42.7 Å². The molecule has 0 spiro atoms. The van der Waals surface area contributed by atoms with E-state index in [0.29, 0.717) is 17.9 Å². The predicted molar refractivity (Wildman–Crippen MR) is 106 cm³/mol. The first-order valence-electron chi connectivity index (χ1n) is 9.27. The first-order valence-corrected chi connectivity index (χ1v) is 9.27. The molecule has 152 valence electrons. The van der Waals surface area contributed by atoms with E-state index in [9.17, 15) is 14.0 Å². The van der Waals surface area contributed by atoms with Crippen LogP contribution in [0.4, 0.5) is 10.2 Å². The zero-order valence-corrected chi connectivity index (χ0v) is 16.4. The van der Waals surface area contributed by atoms with E-state index in [0.717, 1.165) is 0 Å². The molecule has 0 radical (unpaired) electrons. The van der Waals surface area contributed by atoms with E-state index in [4.69, 9.17) is 0 Å². The number of benzene rings is 1. The lowest BCUT2D eigenvalue weighted by Crippen LogP contribution is -2.44. The summed E-state index contributed by atoms with van der Waals surface area (Å²) in [7, 11) is 0. The molecule has 1 unspecified atom stereocenters. The molecule has 1 atom stereocenters. The van der Waals surface area contributed by atoms with Gasteiger partial charge >= 0.3 is 0 Å². The molecule has 1 aromatic carbocycles. The van der Waals surface area contributed by atoms with Gasteiger partial charge in [0.2, 0.25) is 5.91 Å². The van der Waals surface area contributed by atoms with Crippen LogP contribution in [0, 0.1) is 18.7 Å². The van der Waals surface area contributed by atoms with Crippen molar-refractivity contribution >= 4 is 17.6 Å². The minimum absolute atomic E-state index is 0.176. The van der Waals surface area contributed by atoms with Crippen LogP contribution in [0.1, 0.15) is 36.3 Å². The summed E-state index contributed by atoms with van der Waals surface area (Å²) >= 11 is 0. The van der Waals surface area contributed by atoms with Crippen LogP contribution in [0.5, 0.6) is 0 Å². The fourth-order valence-electron chi connectivity index (χ4n) is 2.98. The molecule has 3 N–H and O–H groups in total. The highest BCUT2D eigenvalue weighted by Gasteiger charge is 2.25. The number of aromatic nitrogens is 4. The van der Waals surface area contributed by atoms with E-state index in [1.54, 1.807) is 31.2 Å². The second kappa shape index (κ2) is 8.68. The molecular formula is C20H23FN6O2. The Kier molecular flexibility index (Phi) is 6.06. The van der Waals surface area contributed by atoms with Crippen LogP contribution < -0.4 is 10.6 Å². The standard InChI is InChI=1S/C20H23FN6O2/c1-12(2)10-16(20(29)25-18-8-9-22-26-18)24-19(28)14-11-23-27(13(14)3)17-7-5-4-6-15(17)21/h4-9,11-12,16H,10H2,1-3H3,(H,24,28)(H2,22,25,26,29). The summed E-state index contributed by atoms with van der Waals surface area (Å²) in [5.41, 5.74) is 1.00. The van der Waals surface area contributed by atoms with Crippen molar-refractivity contribution in [2.24, 2.45) is 5.92 Å². The van der Waals surface area contributed by atoms with E-state index in [1.165, 1.54) is 23.1 Å². The number of carbonyl (C=O) groups excluding carboxylic acids is 2. The maximum Gasteiger partial charge on any atom is 0.255 e. The number of amides is 2. The van der Waals surface area contributed by atoms with Crippen molar-refractivity contribution in [2.45, 2.75) is 33.2 Å². The van der Waals surface area contributed by atoms with Gasteiger partial charge in [-0.25, -0.2) is 9.07 Å². The molecule has 2 heterocycles. The maximum absolute atomic E-state index is 14.1. The normalized spacial score (nSPS) is 12.0. The number of halogens is 1. The average molecular weight is 398 g/mol. The third-order valence-electron chi connectivity index (χ3n) is 4.42. The molecule has 29 heavy (non-hydrogen) atoms. The largest absolute Gasteiger partial charge is 0.340 e. The van der Waals surface area contributed by atoms with Crippen molar-refractivity contribution in [3.05, 3.63) is 59.8 Å². The van der Waals surface area contributed by atoms with E-state index in [1.807, 2.05) is 13.8 Å². The van der Waals surface area contributed by atoms with E-state index in [-0.39, 0.29) is 23.1 Å². The second-order valence-electron chi connectivity index (χ2n) is 7.12. The van der Waals surface area contributed by atoms with Crippen molar-refractivity contribution in [2.75, 3.05) is 5.32 Å². The van der Waals surface area contributed by atoms with Gasteiger partial charge in [-0.3, -0.25) is 14.7 Å². The number of anilines is 1. The number of aromatic amines is 1. The monoisotopic (exact) mass is 398 g/mol. The van der Waals surface area contributed by atoms with Crippen molar-refractivity contribution in [1.29, 1.82) is 0 Å². The Morgan fingerprint density at radius 1 is 1.24 bits per heavy atom. The molecule has 0 fully saturated rings. The average Bonchev–Trinajstić information content (AvgIpc) is 3.31. The summed E-state index contributed by atoms with van der Waals surface area (Å²) in [5.74, 6) is -0.621. The Bertz CT molecular complexity index is 996. The number of para-hydroxylation sites is 1. The molecular weight excluding hydrogens is 375 g/mol. The predicted octanol–water partition coefficient (Wildman–Crippen LogP) is 2.83. The van der Waals surface area contributed by atoms with Crippen molar-refractivity contribution in [3.8, 4) is 5.69 Å². The van der Waals surface area contributed by atoms with Gasteiger partial charge in [0.15, 0.2) is 0 Å². The maximum atomic E-state index is 14.1. The first kappa shape index (κ1) is 20.2. The number of hydrogen-bond acceptors (Lipinski definition) is 4. The fraction of sp³-hybridized carbons (Fsp3) is 0.300. The van der Waals surface area contributed by atoms with Gasteiger partial charge in [0, 0.05) is 6.07 Å². The van der Waals surface area contributed by atoms with Gasteiger partial charge in [0.1, 0.15) is 23.4 Å². The van der Waals surface area contributed by atoms with Crippen LogP contribution in [-0.4, -0.2) is 37.8 Å². The van der Waals surface area contributed by atoms with Gasteiger partial charge in [-0.1, -0.05) is 26.0 Å². The number of nitrogens with one attached hydrogen (secondary N) is 3. The Labute approximate surface area is 167 Å². The number of hydrogen-bond donors (Lipinski definition) is 3. The Balaban J connectivity index is 1.79. The molecule has 0 saturated heterocycles. The van der Waals surface area contributed by atoms with Gasteiger partial charge in [-0.05, 0) is 31.4 Å². The minimum atomic E-state index is -0.748. The van der Waals surface area contributed by atoms with E-state index in [2.05, 4.69) is 25.9 Å². The third-order valence-corrected chi connectivity index (χ3v) is 4.42. The SMILES string of the molecule is Cc1c(C(=O)NC(CC(C)C)C(=O)Nc2ccn[nH]2)cnn1-c1ccccc1F. The summed E-state index contributed by atoms with van der Waals surface area (Å²) in [5, 5.41) is 16.0. The molecule has 0 aliphatic heterocycles. The van der Waals surface area contributed by atoms with Crippen molar-refractivity contribution < 1.29 is 14.0 Å². The quantitative estimate of drug-likeness (QED) is 0.569. The minimum Gasteiger partial charge on any atom is -0.340 e. The number of H-pyrrole nitrogens is 1. The second-order valence-corrected chi connectivity index (χ2v) is 7.12. The highest BCUT2D eigenvalue weighted by molar-refractivity contribution is 6.01. The summed E-state index contributed by atoms with van der Waals surface area (Å²) in [6.07, 6.45) is 3.34. The molecule has 0 aliphatic carbocycles. The summed E-state index contributed by atoms with van der Waals surface area (Å²) < 4.78 is 15.5. The molecule has 0 aliphatic rings. The Morgan fingerprint density at radius 2 is 2.00 bits per heavy atom. The smallest absolute Gasteiger partial charge is 0.255 e. The van der Waals surface area contributed by atoms with Crippen LogP contribution >= 0.6 is 0 Å². The zero-order valence-electron chi connectivity index (χ0n) is 16.4. The van der Waals surface area contributed by atoms with Gasteiger partial charge < -0.3 is 10.6 Å². The molecule has 3 rings (SSSR count). The lowest BCUT2D eigenvalue weighted by Gasteiger charge is -2.19. The molecule has 2 amide bonds. The first-order chi connectivity index (χ1) is 13.9. The molecule has 9 heteroatoms. The lowest BCUT2D eigenvalue weighted by molar-refractivity contribution is -0.118. The molecule has 3 aromatic rings.